The highest BCUT2D eigenvalue weighted by Crippen LogP contribution is 2.23. The molecule has 8 heteroatoms. The number of benzene rings is 1. The van der Waals surface area contributed by atoms with E-state index in [0.29, 0.717) is 17.7 Å². The van der Waals surface area contributed by atoms with Crippen LogP contribution in [0.2, 0.25) is 0 Å². The van der Waals surface area contributed by atoms with Gasteiger partial charge in [0.25, 0.3) is 5.91 Å². The number of halogens is 1. The van der Waals surface area contributed by atoms with E-state index in [1.165, 1.54) is 46.7 Å². The monoisotopic (exact) mass is 385 g/mol. The van der Waals surface area contributed by atoms with Crippen LogP contribution in [0.1, 0.15) is 31.4 Å². The number of hydrogen-bond acceptors (Lipinski definition) is 5. The van der Waals surface area contributed by atoms with Crippen LogP contribution in [0.4, 0.5) is 4.39 Å². The van der Waals surface area contributed by atoms with Crippen LogP contribution in [0.25, 0.3) is 11.1 Å². The van der Waals surface area contributed by atoms with Gasteiger partial charge in [-0.05, 0) is 42.8 Å². The van der Waals surface area contributed by atoms with Gasteiger partial charge in [-0.15, -0.1) is 11.3 Å². The number of carbonyl (C=O) groups is 2. The Morgan fingerprint density at radius 3 is 2.52 bits per heavy atom. The Labute approximate surface area is 158 Å². The number of aryl methyl sites for hydroxylation is 1. The van der Waals surface area contributed by atoms with Crippen LogP contribution < -0.4 is 0 Å². The van der Waals surface area contributed by atoms with E-state index in [0.717, 1.165) is 10.7 Å². The number of carbonyl (C=O) groups excluding carboxylic acids is 1. The predicted molar refractivity (Wildman–Crippen MR) is 99.2 cm³/mol. The first-order valence-electron chi connectivity index (χ1n) is 8.00. The van der Waals surface area contributed by atoms with E-state index in [9.17, 15) is 19.1 Å². The van der Waals surface area contributed by atoms with Crippen LogP contribution in [0.3, 0.4) is 0 Å². The molecule has 0 fully saturated rings. The van der Waals surface area contributed by atoms with Crippen molar-refractivity contribution in [2.75, 3.05) is 7.05 Å². The van der Waals surface area contributed by atoms with E-state index >= 15 is 0 Å². The van der Waals surface area contributed by atoms with Gasteiger partial charge in [-0.2, -0.15) is 4.39 Å². The molecule has 0 saturated heterocycles. The van der Waals surface area contributed by atoms with Crippen molar-refractivity contribution in [2.45, 2.75) is 13.5 Å². The first-order chi connectivity index (χ1) is 12.8. The van der Waals surface area contributed by atoms with E-state index in [1.807, 2.05) is 12.3 Å². The molecule has 0 atom stereocenters. The number of aromatic carboxylic acids is 1. The normalized spacial score (nSPS) is 10.6. The SMILES string of the molecule is Cc1csc(CN(C)C(=O)c2cc(C(=O)O)cc(-c3ccc(F)nc3)c2)n1. The summed E-state index contributed by atoms with van der Waals surface area (Å²) in [6.07, 6.45) is 1.30. The number of carboxylic acids is 1. The number of hydrogen-bond donors (Lipinski definition) is 1. The van der Waals surface area contributed by atoms with Crippen molar-refractivity contribution in [2.24, 2.45) is 0 Å². The fourth-order valence-corrected chi connectivity index (χ4v) is 3.38. The molecular weight excluding hydrogens is 369 g/mol. The Morgan fingerprint density at radius 1 is 1.19 bits per heavy atom. The molecule has 1 aromatic carbocycles. The van der Waals surface area contributed by atoms with Gasteiger partial charge in [-0.1, -0.05) is 0 Å². The molecule has 3 aromatic rings. The van der Waals surface area contributed by atoms with Gasteiger partial charge in [-0.3, -0.25) is 4.79 Å². The summed E-state index contributed by atoms with van der Waals surface area (Å²) < 4.78 is 13.1. The maximum absolute atomic E-state index is 13.1. The lowest BCUT2D eigenvalue weighted by atomic mass is 10.00. The molecule has 1 N–H and O–H groups in total. The predicted octanol–water partition coefficient (Wildman–Crippen LogP) is 3.62. The van der Waals surface area contributed by atoms with Gasteiger partial charge in [-0.25, -0.2) is 14.8 Å². The first-order valence-corrected chi connectivity index (χ1v) is 8.88. The molecule has 27 heavy (non-hydrogen) atoms. The third kappa shape index (κ3) is 4.35. The number of carboxylic acid groups (broad SMARTS) is 1. The third-order valence-corrected chi connectivity index (χ3v) is 4.82. The zero-order chi connectivity index (χ0) is 19.6. The van der Waals surface area contributed by atoms with Crippen LogP contribution in [0, 0.1) is 12.9 Å². The Bertz CT molecular complexity index is 1000. The summed E-state index contributed by atoms with van der Waals surface area (Å²) in [5, 5.41) is 12.1. The average Bonchev–Trinajstić information content (AvgIpc) is 3.05. The second-order valence-corrected chi connectivity index (χ2v) is 6.96. The molecule has 0 bridgehead atoms. The van der Waals surface area contributed by atoms with Gasteiger partial charge >= 0.3 is 5.97 Å². The van der Waals surface area contributed by atoms with Crippen molar-refractivity contribution in [1.29, 1.82) is 0 Å². The van der Waals surface area contributed by atoms with Crippen LogP contribution >= 0.6 is 11.3 Å². The summed E-state index contributed by atoms with van der Waals surface area (Å²) in [4.78, 5) is 33.7. The highest BCUT2D eigenvalue weighted by molar-refractivity contribution is 7.09. The maximum Gasteiger partial charge on any atom is 0.335 e. The lowest BCUT2D eigenvalue weighted by Gasteiger charge is -2.17. The minimum absolute atomic E-state index is 0.0290. The fourth-order valence-electron chi connectivity index (χ4n) is 2.56. The lowest BCUT2D eigenvalue weighted by molar-refractivity contribution is 0.0697. The summed E-state index contributed by atoms with van der Waals surface area (Å²) in [5.41, 5.74) is 2.08. The Kier molecular flexibility index (Phi) is 5.27. The van der Waals surface area contributed by atoms with E-state index < -0.39 is 11.9 Å². The largest absolute Gasteiger partial charge is 0.478 e. The minimum Gasteiger partial charge on any atom is -0.478 e. The molecule has 3 rings (SSSR count). The van der Waals surface area contributed by atoms with Gasteiger partial charge in [0.15, 0.2) is 0 Å². The lowest BCUT2D eigenvalue weighted by Crippen LogP contribution is -2.26. The molecule has 0 saturated carbocycles. The van der Waals surface area contributed by atoms with Crippen molar-refractivity contribution in [3.05, 3.63) is 69.7 Å². The molecule has 0 spiro atoms. The zero-order valence-corrected chi connectivity index (χ0v) is 15.5. The van der Waals surface area contributed by atoms with Gasteiger partial charge in [0.2, 0.25) is 5.95 Å². The third-order valence-electron chi connectivity index (χ3n) is 3.87. The van der Waals surface area contributed by atoms with Crippen LogP contribution in [0.5, 0.6) is 0 Å². The zero-order valence-electron chi connectivity index (χ0n) is 14.6. The molecule has 6 nitrogen and oxygen atoms in total. The van der Waals surface area contributed by atoms with Crippen LogP contribution in [-0.4, -0.2) is 38.9 Å². The Hall–Kier alpha value is -3.13. The summed E-state index contributed by atoms with van der Waals surface area (Å²) in [5.74, 6) is -2.12. The highest BCUT2D eigenvalue weighted by Gasteiger charge is 2.17. The maximum atomic E-state index is 13.1. The van der Waals surface area contributed by atoms with Gasteiger partial charge < -0.3 is 10.0 Å². The van der Waals surface area contributed by atoms with E-state index in [4.69, 9.17) is 0 Å². The molecule has 1 amide bonds. The Morgan fingerprint density at radius 2 is 1.93 bits per heavy atom. The van der Waals surface area contributed by atoms with Crippen molar-refractivity contribution in [3.63, 3.8) is 0 Å². The number of pyridine rings is 1. The Balaban J connectivity index is 1.94. The number of thiazole rings is 1. The molecule has 0 aliphatic rings. The topological polar surface area (TPSA) is 83.4 Å². The molecule has 138 valence electrons. The molecule has 0 aliphatic carbocycles. The van der Waals surface area contributed by atoms with Crippen molar-refractivity contribution >= 4 is 23.2 Å². The average molecular weight is 385 g/mol. The highest BCUT2D eigenvalue weighted by atomic mass is 32.1. The molecule has 2 heterocycles. The molecule has 2 aromatic heterocycles. The fraction of sp³-hybridized carbons (Fsp3) is 0.158. The molecule has 0 radical (unpaired) electrons. The van der Waals surface area contributed by atoms with Crippen LogP contribution in [0.15, 0.2) is 41.9 Å². The quantitative estimate of drug-likeness (QED) is 0.678. The summed E-state index contributed by atoms with van der Waals surface area (Å²) in [6.45, 7) is 2.20. The number of amides is 1. The van der Waals surface area contributed by atoms with Gasteiger partial charge in [0, 0.05) is 35.4 Å². The number of rotatable bonds is 5. The molecular formula is C19H16FN3O3S. The molecule has 0 aliphatic heterocycles. The second-order valence-electron chi connectivity index (χ2n) is 6.02. The second kappa shape index (κ2) is 7.63. The summed E-state index contributed by atoms with van der Waals surface area (Å²) in [7, 11) is 1.63. The summed E-state index contributed by atoms with van der Waals surface area (Å²) >= 11 is 1.46. The molecule has 0 unspecified atom stereocenters. The van der Waals surface area contributed by atoms with Crippen molar-refractivity contribution in [3.8, 4) is 11.1 Å². The van der Waals surface area contributed by atoms with E-state index in [2.05, 4.69) is 9.97 Å². The van der Waals surface area contributed by atoms with E-state index in [-0.39, 0.29) is 17.0 Å². The minimum atomic E-state index is -1.15. The number of nitrogens with zero attached hydrogens (tertiary/aromatic N) is 3. The summed E-state index contributed by atoms with van der Waals surface area (Å²) in [6, 6.07) is 7.00. The first kappa shape index (κ1) is 18.7. The van der Waals surface area contributed by atoms with Gasteiger partial charge in [0.1, 0.15) is 5.01 Å². The van der Waals surface area contributed by atoms with Crippen molar-refractivity contribution in [1.82, 2.24) is 14.9 Å². The van der Waals surface area contributed by atoms with Crippen LogP contribution in [-0.2, 0) is 6.54 Å². The number of aromatic nitrogens is 2. The van der Waals surface area contributed by atoms with Gasteiger partial charge in [0.05, 0.1) is 12.1 Å². The smallest absolute Gasteiger partial charge is 0.335 e. The van der Waals surface area contributed by atoms with Crippen molar-refractivity contribution < 1.29 is 19.1 Å². The standard InChI is InChI=1S/C19H16FN3O3S/c1-11-10-27-17(22-11)9-23(2)18(24)14-5-13(6-15(7-14)19(25)26)12-3-4-16(20)21-8-12/h3-8,10H,9H2,1-2H3,(H,25,26). The van der Waals surface area contributed by atoms with E-state index in [1.54, 1.807) is 13.1 Å².